The molecule has 1 unspecified atom stereocenters. The fourth-order valence-electron chi connectivity index (χ4n) is 0.572. The zero-order chi connectivity index (χ0) is 8.15. The van der Waals surface area contributed by atoms with Crippen LogP contribution in [0.25, 0.3) is 0 Å². The minimum atomic E-state index is -0.690. The van der Waals surface area contributed by atoms with Crippen molar-refractivity contribution in [2.24, 2.45) is 5.92 Å². The first-order valence-electron chi connectivity index (χ1n) is 3.09. The average molecular weight is 146 g/mol. The number of hydroxylamine groups is 2. The van der Waals surface area contributed by atoms with Gasteiger partial charge in [0, 0.05) is 0 Å². The van der Waals surface area contributed by atoms with Gasteiger partial charge in [0.05, 0.1) is 13.2 Å². The van der Waals surface area contributed by atoms with E-state index in [9.17, 15) is 10.0 Å². The predicted octanol–water partition coefficient (Wildman–Crippen LogP) is 0.571. The van der Waals surface area contributed by atoms with Crippen LogP contribution >= 0.6 is 0 Å². The topological polar surface area (TPSA) is 52.6 Å². The van der Waals surface area contributed by atoms with Crippen LogP contribution in [-0.2, 0) is 9.63 Å². The summed E-state index contributed by atoms with van der Waals surface area (Å²) in [5.74, 6) is -0.0186. The highest BCUT2D eigenvalue weighted by molar-refractivity contribution is 5.57. The molecule has 4 heteroatoms. The van der Waals surface area contributed by atoms with Gasteiger partial charge in [0.2, 0.25) is 0 Å². The molecule has 60 valence electrons. The Morgan fingerprint density at radius 3 is 2.20 bits per heavy atom. The summed E-state index contributed by atoms with van der Waals surface area (Å²) in [6.07, 6.45) is 0.584. The van der Waals surface area contributed by atoms with E-state index >= 15 is 0 Å². The molecular formula is C6H12NO3-. The van der Waals surface area contributed by atoms with Crippen LogP contribution < -0.4 is 0 Å². The summed E-state index contributed by atoms with van der Waals surface area (Å²) in [5.41, 5.74) is 0. The highest BCUT2D eigenvalue weighted by Gasteiger charge is 2.12. The van der Waals surface area contributed by atoms with Crippen molar-refractivity contribution in [3.8, 4) is 0 Å². The van der Waals surface area contributed by atoms with Gasteiger partial charge in [-0.1, -0.05) is 13.8 Å². The summed E-state index contributed by atoms with van der Waals surface area (Å²) in [4.78, 5) is 14.5. The highest BCUT2D eigenvalue weighted by Crippen LogP contribution is 2.06. The van der Waals surface area contributed by atoms with E-state index in [0.29, 0.717) is 11.5 Å². The zero-order valence-electron chi connectivity index (χ0n) is 6.40. The lowest BCUT2D eigenvalue weighted by atomic mass is 10.1. The van der Waals surface area contributed by atoms with Crippen LogP contribution in [-0.4, -0.2) is 24.7 Å². The molecule has 10 heavy (non-hydrogen) atoms. The van der Waals surface area contributed by atoms with Crippen LogP contribution in [0.1, 0.15) is 13.8 Å². The Kier molecular flexibility index (Phi) is 4.18. The van der Waals surface area contributed by atoms with Gasteiger partial charge in [0.25, 0.3) is 0 Å². The van der Waals surface area contributed by atoms with Gasteiger partial charge in [-0.05, 0) is 5.92 Å². The Hall–Kier alpha value is -0.450. The van der Waals surface area contributed by atoms with Gasteiger partial charge < -0.3 is 14.8 Å². The molecule has 0 fully saturated rings. The van der Waals surface area contributed by atoms with Crippen LogP contribution in [0.15, 0.2) is 0 Å². The molecule has 0 aliphatic rings. The Bertz CT molecular complexity index is 105. The molecule has 1 atom stereocenters. The quantitative estimate of drug-likeness (QED) is 0.430. The second kappa shape index (κ2) is 4.38. The molecular weight excluding hydrogens is 134 g/mol. The molecule has 0 N–H and O–H groups in total. The summed E-state index contributed by atoms with van der Waals surface area (Å²) in [6, 6.07) is -0.690. The Labute approximate surface area is 60.3 Å². The highest BCUT2D eigenvalue weighted by atomic mass is 16.9. The molecule has 0 aromatic heterocycles. The van der Waals surface area contributed by atoms with Crippen LogP contribution in [0.5, 0.6) is 0 Å². The standard InChI is InChI=1S/C6H12NO3/c1-5(2)6(4-8)7(9)10-3/h4-6H,1-3H3/q-1. The van der Waals surface area contributed by atoms with E-state index in [1.807, 2.05) is 0 Å². The molecule has 0 heterocycles. The van der Waals surface area contributed by atoms with Gasteiger partial charge in [0.1, 0.15) is 6.29 Å². The minimum absolute atomic E-state index is 0.0186. The van der Waals surface area contributed by atoms with E-state index in [4.69, 9.17) is 0 Å². The fourth-order valence-corrected chi connectivity index (χ4v) is 0.572. The van der Waals surface area contributed by atoms with Gasteiger partial charge >= 0.3 is 0 Å². The molecule has 0 spiro atoms. The van der Waals surface area contributed by atoms with Crippen molar-refractivity contribution in [2.45, 2.75) is 19.9 Å². The fraction of sp³-hybridized carbons (Fsp3) is 0.833. The van der Waals surface area contributed by atoms with Crippen molar-refractivity contribution in [3.63, 3.8) is 0 Å². The third-order valence-corrected chi connectivity index (χ3v) is 1.25. The summed E-state index contributed by atoms with van der Waals surface area (Å²) in [7, 11) is 1.24. The molecule has 0 aromatic rings. The van der Waals surface area contributed by atoms with Crippen LogP contribution in [0.3, 0.4) is 0 Å². The van der Waals surface area contributed by atoms with Crippen LogP contribution in [0.2, 0.25) is 0 Å². The monoisotopic (exact) mass is 146 g/mol. The number of carbonyl (C=O) groups excluding carboxylic acids is 1. The molecule has 0 radical (unpaired) electrons. The maximum Gasteiger partial charge on any atom is 0.138 e. The minimum Gasteiger partial charge on any atom is -0.762 e. The Balaban J connectivity index is 3.92. The van der Waals surface area contributed by atoms with E-state index in [1.165, 1.54) is 7.11 Å². The number of aldehydes is 1. The molecule has 0 aliphatic heterocycles. The molecule has 0 aliphatic carbocycles. The predicted molar refractivity (Wildman–Crippen MR) is 36.9 cm³/mol. The smallest absolute Gasteiger partial charge is 0.138 e. The van der Waals surface area contributed by atoms with Crippen LogP contribution in [0, 0.1) is 11.1 Å². The zero-order valence-corrected chi connectivity index (χ0v) is 6.40. The first kappa shape index (κ1) is 9.55. The van der Waals surface area contributed by atoms with Crippen molar-refractivity contribution in [3.05, 3.63) is 5.21 Å². The summed E-state index contributed by atoms with van der Waals surface area (Å²) >= 11 is 0. The SMILES string of the molecule is CON([O-])C(C=O)C(C)C. The number of nitrogens with zero attached hydrogens (tertiary/aromatic N) is 1. The van der Waals surface area contributed by atoms with E-state index in [0.717, 1.165) is 0 Å². The molecule has 0 saturated carbocycles. The maximum atomic E-state index is 10.6. The van der Waals surface area contributed by atoms with Crippen molar-refractivity contribution in [1.82, 2.24) is 5.23 Å². The average Bonchev–Trinajstić information content (AvgIpc) is 1.88. The van der Waals surface area contributed by atoms with Gasteiger partial charge in [-0.3, -0.25) is 5.23 Å². The van der Waals surface area contributed by atoms with E-state index < -0.39 is 6.04 Å². The molecule has 0 rings (SSSR count). The molecule has 0 aromatic carbocycles. The van der Waals surface area contributed by atoms with Crippen LogP contribution in [0.4, 0.5) is 0 Å². The lowest BCUT2D eigenvalue weighted by molar-refractivity contribution is -0.145. The van der Waals surface area contributed by atoms with Gasteiger partial charge in [-0.25, -0.2) is 0 Å². The summed E-state index contributed by atoms with van der Waals surface area (Å²) in [6.45, 7) is 3.56. The lowest BCUT2D eigenvalue weighted by Crippen LogP contribution is -2.34. The summed E-state index contributed by atoms with van der Waals surface area (Å²) in [5, 5.41) is 11.0. The molecule has 0 bridgehead atoms. The third kappa shape index (κ3) is 2.43. The van der Waals surface area contributed by atoms with Crippen molar-refractivity contribution >= 4 is 6.29 Å². The van der Waals surface area contributed by atoms with Gasteiger partial charge in [0.15, 0.2) is 0 Å². The van der Waals surface area contributed by atoms with E-state index in [1.54, 1.807) is 13.8 Å². The molecule has 0 amide bonds. The first-order valence-corrected chi connectivity index (χ1v) is 3.09. The normalized spacial score (nSPS) is 14.2. The number of hydrogen-bond donors (Lipinski definition) is 0. The van der Waals surface area contributed by atoms with Crippen molar-refractivity contribution in [2.75, 3.05) is 7.11 Å². The van der Waals surface area contributed by atoms with Gasteiger partial charge in [-0.2, -0.15) is 0 Å². The first-order chi connectivity index (χ1) is 4.63. The molecule has 0 saturated heterocycles. The van der Waals surface area contributed by atoms with Crippen molar-refractivity contribution < 1.29 is 9.63 Å². The second-order valence-corrected chi connectivity index (χ2v) is 2.34. The van der Waals surface area contributed by atoms with Gasteiger partial charge in [-0.15, -0.1) is 0 Å². The maximum absolute atomic E-state index is 10.6. The largest absolute Gasteiger partial charge is 0.762 e. The summed E-state index contributed by atoms with van der Waals surface area (Å²) < 4.78 is 0. The number of carbonyl (C=O) groups is 1. The number of hydrogen-bond acceptors (Lipinski definition) is 4. The number of rotatable bonds is 4. The van der Waals surface area contributed by atoms with E-state index in [-0.39, 0.29) is 5.92 Å². The van der Waals surface area contributed by atoms with Crippen molar-refractivity contribution in [1.29, 1.82) is 0 Å². The molecule has 4 nitrogen and oxygen atoms in total. The Morgan fingerprint density at radius 1 is 1.60 bits per heavy atom. The third-order valence-electron chi connectivity index (χ3n) is 1.25. The van der Waals surface area contributed by atoms with E-state index in [2.05, 4.69) is 4.84 Å². The lowest BCUT2D eigenvalue weighted by Gasteiger charge is -2.32. The Morgan fingerprint density at radius 2 is 2.10 bits per heavy atom. The second-order valence-electron chi connectivity index (χ2n) is 2.34.